The van der Waals surface area contributed by atoms with Crippen molar-refractivity contribution in [3.05, 3.63) is 59.7 Å². The van der Waals surface area contributed by atoms with Gasteiger partial charge in [0.15, 0.2) is 0 Å². The van der Waals surface area contributed by atoms with Crippen molar-refractivity contribution in [3.63, 3.8) is 0 Å². The molecule has 0 bridgehead atoms. The molecule has 4 N–H and O–H groups in total. The Morgan fingerprint density at radius 1 is 0.952 bits per heavy atom. The van der Waals surface area contributed by atoms with E-state index in [0.717, 1.165) is 24.8 Å². The Kier molecular flexibility index (Phi) is 13.3. The number of rotatable bonds is 15. The quantitative estimate of drug-likeness (QED) is 0.245. The average Bonchev–Trinajstić information content (AvgIpc) is 2.92. The zero-order valence-electron chi connectivity index (χ0n) is 25.7. The number of amides is 4. The van der Waals surface area contributed by atoms with Gasteiger partial charge in [0.2, 0.25) is 11.8 Å². The molecule has 0 radical (unpaired) electrons. The van der Waals surface area contributed by atoms with Crippen LogP contribution >= 0.6 is 0 Å². The van der Waals surface area contributed by atoms with Gasteiger partial charge in [0.05, 0.1) is 7.11 Å². The third-order valence-electron chi connectivity index (χ3n) is 6.51. The molecular weight excluding hydrogens is 536 g/mol. The Morgan fingerprint density at radius 3 is 2.14 bits per heavy atom. The number of unbranched alkanes of at least 4 members (excludes halogenated alkanes) is 3. The highest BCUT2D eigenvalue weighted by Crippen LogP contribution is 2.27. The smallest absolute Gasteiger partial charge is 0.408 e. The van der Waals surface area contributed by atoms with Gasteiger partial charge in [-0.3, -0.25) is 14.4 Å². The van der Waals surface area contributed by atoms with E-state index in [1.807, 2.05) is 31.2 Å². The van der Waals surface area contributed by atoms with E-state index in [4.69, 9.17) is 15.2 Å². The molecule has 0 saturated carbocycles. The number of carbonyl (C=O) groups excluding carboxylic acids is 4. The number of carbonyl (C=O) groups is 4. The number of hydrogen-bond acceptors (Lipinski definition) is 6. The van der Waals surface area contributed by atoms with Crippen molar-refractivity contribution in [1.82, 2.24) is 10.2 Å². The van der Waals surface area contributed by atoms with Crippen LogP contribution in [0.3, 0.4) is 0 Å². The topological polar surface area (TPSA) is 140 Å². The van der Waals surface area contributed by atoms with Crippen LogP contribution in [0.15, 0.2) is 48.5 Å². The Hall–Kier alpha value is -4.08. The van der Waals surface area contributed by atoms with Crippen LogP contribution in [0.1, 0.15) is 83.4 Å². The van der Waals surface area contributed by atoms with E-state index >= 15 is 0 Å². The largest absolute Gasteiger partial charge is 0.497 e. The second-order valence-electron chi connectivity index (χ2n) is 11.3. The molecule has 0 aliphatic carbocycles. The summed E-state index contributed by atoms with van der Waals surface area (Å²) < 4.78 is 10.6. The van der Waals surface area contributed by atoms with E-state index < -0.39 is 41.5 Å². The molecule has 10 heteroatoms. The van der Waals surface area contributed by atoms with Crippen LogP contribution < -0.4 is 21.1 Å². The second-order valence-corrected chi connectivity index (χ2v) is 11.3. The first-order chi connectivity index (χ1) is 19.8. The molecule has 2 aromatic carbocycles. The fourth-order valence-corrected chi connectivity index (χ4v) is 4.38. The number of primary amides is 1. The summed E-state index contributed by atoms with van der Waals surface area (Å²) in [7, 11) is 1.56. The molecule has 42 heavy (non-hydrogen) atoms. The lowest BCUT2D eigenvalue weighted by molar-refractivity contribution is -0.141. The van der Waals surface area contributed by atoms with Crippen molar-refractivity contribution in [3.8, 4) is 5.75 Å². The number of nitrogens with zero attached hydrogens (tertiary/aromatic N) is 1. The summed E-state index contributed by atoms with van der Waals surface area (Å²) in [6.45, 7) is 9.42. The molecule has 0 fully saturated rings. The number of aryl methyl sites for hydroxylation is 1. The summed E-state index contributed by atoms with van der Waals surface area (Å²) in [4.78, 5) is 54.1. The number of nitrogens with two attached hydrogens (primary N) is 1. The van der Waals surface area contributed by atoms with E-state index in [2.05, 4.69) is 17.6 Å². The Balaban J connectivity index is 2.52. The molecule has 0 saturated heterocycles. The number of methoxy groups -OCH3 is 1. The number of ether oxygens (including phenoxy) is 2. The molecule has 10 nitrogen and oxygen atoms in total. The molecule has 2 rings (SSSR count). The SMILES string of the molecule is CCCCCCN(C(=O)C(CCC(N)=O)NC(=O)OC(C)(C)C)C(C(=O)Nc1ccc(OC)cc1)c1ccc(C)cc1. The van der Waals surface area contributed by atoms with Crippen LogP contribution in [0.4, 0.5) is 10.5 Å². The summed E-state index contributed by atoms with van der Waals surface area (Å²) in [5.74, 6) is -0.894. The van der Waals surface area contributed by atoms with Gasteiger partial charge in [-0.2, -0.15) is 0 Å². The zero-order chi connectivity index (χ0) is 31.3. The predicted octanol–water partition coefficient (Wildman–Crippen LogP) is 5.25. The van der Waals surface area contributed by atoms with E-state index in [1.165, 1.54) is 4.90 Å². The van der Waals surface area contributed by atoms with Crippen LogP contribution in [0.25, 0.3) is 0 Å². The van der Waals surface area contributed by atoms with Gasteiger partial charge in [0.1, 0.15) is 23.4 Å². The summed E-state index contributed by atoms with van der Waals surface area (Å²) in [5.41, 5.74) is 6.75. The standard InChI is InChI=1S/C32H46N4O6/c1-7-8-9-10-21-36(30(39)26(19-20-27(33)37)35-31(40)42-32(3,4)5)28(23-13-11-22(2)12-14-23)29(38)34-24-15-17-25(41-6)18-16-24/h11-18,26,28H,7-10,19-21H2,1-6H3,(H2,33,37)(H,34,38)(H,35,40). The summed E-state index contributed by atoms with van der Waals surface area (Å²) in [6, 6.07) is 12.1. The molecule has 4 amide bonds. The van der Waals surface area contributed by atoms with Gasteiger partial charge < -0.3 is 30.7 Å². The highest BCUT2D eigenvalue weighted by atomic mass is 16.6. The molecule has 2 aromatic rings. The fourth-order valence-electron chi connectivity index (χ4n) is 4.38. The van der Waals surface area contributed by atoms with Crippen molar-refractivity contribution in [1.29, 1.82) is 0 Å². The minimum absolute atomic E-state index is 0.0421. The Labute approximate surface area is 249 Å². The van der Waals surface area contributed by atoms with E-state index in [0.29, 0.717) is 23.4 Å². The normalized spacial score (nSPS) is 12.5. The molecule has 2 unspecified atom stereocenters. The van der Waals surface area contributed by atoms with Crippen molar-refractivity contribution in [2.45, 2.75) is 90.8 Å². The number of alkyl carbamates (subject to hydrolysis) is 1. The third kappa shape index (κ3) is 11.4. The minimum Gasteiger partial charge on any atom is -0.497 e. The maximum atomic E-state index is 14.2. The molecule has 230 valence electrons. The number of benzene rings is 2. The molecule has 0 aliphatic heterocycles. The highest BCUT2D eigenvalue weighted by molar-refractivity contribution is 5.99. The van der Waals surface area contributed by atoms with Crippen molar-refractivity contribution >= 4 is 29.5 Å². The Morgan fingerprint density at radius 2 is 1.60 bits per heavy atom. The van der Waals surface area contributed by atoms with E-state index in [1.54, 1.807) is 52.1 Å². The number of nitrogens with one attached hydrogen (secondary N) is 2. The molecule has 0 aliphatic rings. The van der Waals surface area contributed by atoms with Gasteiger partial charge in [-0.1, -0.05) is 56.0 Å². The highest BCUT2D eigenvalue weighted by Gasteiger charge is 2.36. The first-order valence-electron chi connectivity index (χ1n) is 14.4. The average molecular weight is 583 g/mol. The maximum Gasteiger partial charge on any atom is 0.408 e. The molecular formula is C32H46N4O6. The van der Waals surface area contributed by atoms with Crippen LogP contribution in [0.5, 0.6) is 5.75 Å². The van der Waals surface area contributed by atoms with Crippen molar-refractivity contribution < 1.29 is 28.7 Å². The first kappa shape index (κ1) is 34.1. The summed E-state index contributed by atoms with van der Waals surface area (Å²) in [5, 5.41) is 5.55. The van der Waals surface area contributed by atoms with Crippen LogP contribution in [-0.4, -0.2) is 54.0 Å². The van der Waals surface area contributed by atoms with Gasteiger partial charge in [-0.15, -0.1) is 0 Å². The molecule has 0 heterocycles. The van der Waals surface area contributed by atoms with Crippen LogP contribution in [-0.2, 0) is 19.1 Å². The van der Waals surface area contributed by atoms with Crippen molar-refractivity contribution in [2.24, 2.45) is 5.73 Å². The molecule has 0 aromatic heterocycles. The third-order valence-corrected chi connectivity index (χ3v) is 6.51. The van der Waals surface area contributed by atoms with Gasteiger partial charge in [-0.05, 0) is 70.4 Å². The fraction of sp³-hybridized carbons (Fsp3) is 0.500. The number of anilines is 1. The molecule has 0 spiro atoms. The van der Waals surface area contributed by atoms with Gasteiger partial charge in [0.25, 0.3) is 5.91 Å². The van der Waals surface area contributed by atoms with E-state index in [9.17, 15) is 19.2 Å². The molecule has 2 atom stereocenters. The van der Waals surface area contributed by atoms with E-state index in [-0.39, 0.29) is 19.4 Å². The van der Waals surface area contributed by atoms with Gasteiger partial charge in [0, 0.05) is 18.7 Å². The monoisotopic (exact) mass is 582 g/mol. The van der Waals surface area contributed by atoms with Gasteiger partial charge >= 0.3 is 6.09 Å². The lowest BCUT2D eigenvalue weighted by atomic mass is 9.99. The predicted molar refractivity (Wildman–Crippen MR) is 163 cm³/mol. The lowest BCUT2D eigenvalue weighted by Gasteiger charge is -2.34. The van der Waals surface area contributed by atoms with Gasteiger partial charge in [-0.25, -0.2) is 4.79 Å². The second kappa shape index (κ2) is 16.4. The first-order valence-corrected chi connectivity index (χ1v) is 14.4. The summed E-state index contributed by atoms with van der Waals surface area (Å²) in [6.07, 6.45) is 2.48. The zero-order valence-corrected chi connectivity index (χ0v) is 25.7. The summed E-state index contributed by atoms with van der Waals surface area (Å²) >= 11 is 0. The van der Waals surface area contributed by atoms with Crippen LogP contribution in [0, 0.1) is 6.92 Å². The maximum absolute atomic E-state index is 14.2. The lowest BCUT2D eigenvalue weighted by Crippen LogP contribution is -2.52. The number of hydrogen-bond donors (Lipinski definition) is 3. The van der Waals surface area contributed by atoms with Crippen molar-refractivity contribution in [2.75, 3.05) is 19.0 Å². The van der Waals surface area contributed by atoms with Crippen LogP contribution in [0.2, 0.25) is 0 Å². The minimum atomic E-state index is -1.14. The Bertz CT molecular complexity index is 1170.